The molecule has 5 heteroatoms. The Morgan fingerprint density at radius 2 is 2.43 bits per heavy atom. The summed E-state index contributed by atoms with van der Waals surface area (Å²) in [7, 11) is -1.94. The van der Waals surface area contributed by atoms with Crippen LogP contribution in [0.5, 0.6) is 0 Å². The molecular formula is C2H6ClNO2P. The second kappa shape index (κ2) is 4.47. The Kier molecular flexibility index (Phi) is 4.67. The maximum absolute atomic E-state index is 9.85. The van der Waals surface area contributed by atoms with Crippen molar-refractivity contribution in [1.82, 2.24) is 0 Å². The van der Waals surface area contributed by atoms with Gasteiger partial charge in [0.2, 0.25) is 0 Å². The summed E-state index contributed by atoms with van der Waals surface area (Å²) in [6, 6.07) is 0. The minimum Gasteiger partial charge on any atom is -0.291 e. The molecule has 0 aromatic rings. The summed E-state index contributed by atoms with van der Waals surface area (Å²) in [4.78, 5) is 0. The number of hydrogen-bond acceptors (Lipinski definition) is 2. The quantitative estimate of drug-likeness (QED) is 0.470. The summed E-state index contributed by atoms with van der Waals surface area (Å²) in [5, 5.41) is 0. The minimum atomic E-state index is -1.94. The summed E-state index contributed by atoms with van der Waals surface area (Å²) >= 11 is 5.14. The molecule has 0 aromatic heterocycles. The van der Waals surface area contributed by atoms with Crippen molar-refractivity contribution in [3.63, 3.8) is 0 Å². The van der Waals surface area contributed by atoms with Crippen LogP contribution >= 0.6 is 19.8 Å². The van der Waals surface area contributed by atoms with Crippen molar-refractivity contribution in [3.8, 4) is 0 Å². The van der Waals surface area contributed by atoms with Crippen molar-refractivity contribution >= 4 is 19.8 Å². The zero-order valence-corrected chi connectivity index (χ0v) is 5.28. The van der Waals surface area contributed by atoms with Crippen LogP contribution in [0.3, 0.4) is 0 Å². The van der Waals surface area contributed by atoms with E-state index in [0.717, 1.165) is 0 Å². The molecule has 0 aliphatic carbocycles. The summed E-state index contributed by atoms with van der Waals surface area (Å²) in [6.45, 7) is 0.257. The van der Waals surface area contributed by atoms with Gasteiger partial charge in [0.1, 0.15) is 0 Å². The van der Waals surface area contributed by atoms with Gasteiger partial charge in [-0.15, -0.1) is 11.6 Å². The highest BCUT2D eigenvalue weighted by atomic mass is 35.5. The van der Waals surface area contributed by atoms with Crippen molar-refractivity contribution in [2.45, 2.75) is 0 Å². The molecule has 1 radical (unpaired) electrons. The fourth-order valence-corrected chi connectivity index (χ4v) is 0.580. The van der Waals surface area contributed by atoms with Crippen molar-refractivity contribution in [1.29, 1.82) is 0 Å². The smallest absolute Gasteiger partial charge is 0.291 e. The van der Waals surface area contributed by atoms with Crippen LogP contribution in [0.2, 0.25) is 0 Å². The monoisotopic (exact) mass is 142 g/mol. The van der Waals surface area contributed by atoms with Gasteiger partial charge in [-0.05, 0) is 0 Å². The van der Waals surface area contributed by atoms with Crippen LogP contribution in [-0.2, 0) is 9.09 Å². The summed E-state index contributed by atoms with van der Waals surface area (Å²) in [5.74, 6) is 0.332. The Morgan fingerprint density at radius 1 is 1.86 bits per heavy atom. The van der Waals surface area contributed by atoms with Crippen LogP contribution < -0.4 is 5.50 Å². The zero-order chi connectivity index (χ0) is 5.70. The number of halogens is 1. The molecule has 0 amide bonds. The van der Waals surface area contributed by atoms with Gasteiger partial charge in [0, 0.05) is 5.88 Å². The Morgan fingerprint density at radius 3 is 2.57 bits per heavy atom. The number of hydrogen-bond donors (Lipinski definition) is 1. The van der Waals surface area contributed by atoms with Gasteiger partial charge in [0.05, 0.1) is 6.61 Å². The van der Waals surface area contributed by atoms with Crippen LogP contribution in [0.15, 0.2) is 0 Å². The molecule has 3 nitrogen and oxygen atoms in total. The lowest BCUT2D eigenvalue weighted by atomic mass is 10.9. The van der Waals surface area contributed by atoms with Gasteiger partial charge in [-0.25, -0.2) is 10.1 Å². The van der Waals surface area contributed by atoms with E-state index in [0.29, 0.717) is 5.88 Å². The Balaban J connectivity index is 2.82. The number of nitrogens with two attached hydrogens (primary N) is 1. The van der Waals surface area contributed by atoms with Crippen LogP contribution in [0.4, 0.5) is 0 Å². The van der Waals surface area contributed by atoms with E-state index in [9.17, 15) is 4.57 Å². The zero-order valence-electron chi connectivity index (χ0n) is 3.63. The first-order valence-corrected chi connectivity index (χ1v) is 3.46. The Labute approximate surface area is 47.7 Å². The van der Waals surface area contributed by atoms with Crippen LogP contribution in [0.1, 0.15) is 0 Å². The average Bonchev–Trinajstić information content (AvgIpc) is 1.61. The molecule has 0 aromatic carbocycles. The Hall–Kier alpha value is 0.310. The van der Waals surface area contributed by atoms with Crippen molar-refractivity contribution in [2.75, 3.05) is 12.5 Å². The summed E-state index contributed by atoms with van der Waals surface area (Å²) < 4.78 is 14.2. The molecule has 0 fully saturated rings. The second-order valence-electron chi connectivity index (χ2n) is 0.808. The maximum Gasteiger partial charge on any atom is 0.291 e. The lowest BCUT2D eigenvalue weighted by molar-refractivity contribution is 0.353. The highest BCUT2D eigenvalue weighted by Crippen LogP contribution is 2.07. The normalized spacial score (nSPS) is 11.4. The standard InChI is InChI=1S/C2H6ClNO2P/c3-1-2-6-7(4)5/h1-2H2,(H2,4,5). The molecule has 0 aliphatic heterocycles. The Bertz CT molecular complexity index is 68.7. The van der Waals surface area contributed by atoms with Crippen molar-refractivity contribution < 1.29 is 9.09 Å². The fourth-order valence-electron chi connectivity index (χ4n) is 0.124. The third-order valence-electron chi connectivity index (χ3n) is 0.296. The topological polar surface area (TPSA) is 52.3 Å². The molecule has 0 saturated heterocycles. The number of alkyl halides is 1. The van der Waals surface area contributed by atoms with Crippen LogP contribution in [0.25, 0.3) is 0 Å². The molecule has 43 valence electrons. The number of rotatable bonds is 3. The molecule has 0 saturated carbocycles. The molecule has 0 heterocycles. The molecule has 2 N–H and O–H groups in total. The van der Waals surface area contributed by atoms with Gasteiger partial charge in [0.25, 0.3) is 8.18 Å². The van der Waals surface area contributed by atoms with E-state index in [2.05, 4.69) is 4.52 Å². The molecule has 0 aliphatic rings. The molecule has 1 atom stereocenters. The van der Waals surface area contributed by atoms with Crippen LogP contribution in [-0.4, -0.2) is 12.5 Å². The lowest BCUT2D eigenvalue weighted by Crippen LogP contribution is -1.90. The van der Waals surface area contributed by atoms with E-state index in [1.165, 1.54) is 0 Å². The third kappa shape index (κ3) is 6.31. The third-order valence-corrected chi connectivity index (χ3v) is 0.887. The summed E-state index contributed by atoms with van der Waals surface area (Å²) in [5.41, 5.74) is 4.71. The predicted octanol–water partition coefficient (Wildman–Crippen LogP) is 0.858. The lowest BCUT2D eigenvalue weighted by Gasteiger charge is -1.89. The highest BCUT2D eigenvalue weighted by Gasteiger charge is 1.86. The van der Waals surface area contributed by atoms with E-state index in [-0.39, 0.29) is 6.61 Å². The molecule has 0 bridgehead atoms. The molecule has 7 heavy (non-hydrogen) atoms. The molecule has 0 spiro atoms. The minimum absolute atomic E-state index is 0.257. The highest BCUT2D eigenvalue weighted by molar-refractivity contribution is 7.36. The van der Waals surface area contributed by atoms with E-state index in [4.69, 9.17) is 17.1 Å². The SMILES string of the molecule is N[P](=O)OCCCl. The first-order valence-electron chi connectivity index (χ1n) is 1.68. The molecule has 0 rings (SSSR count). The van der Waals surface area contributed by atoms with E-state index in [1.807, 2.05) is 0 Å². The summed E-state index contributed by atoms with van der Waals surface area (Å²) in [6.07, 6.45) is 0. The van der Waals surface area contributed by atoms with Gasteiger partial charge >= 0.3 is 0 Å². The van der Waals surface area contributed by atoms with Gasteiger partial charge in [-0.2, -0.15) is 0 Å². The second-order valence-corrected chi connectivity index (χ2v) is 2.01. The predicted molar refractivity (Wildman–Crippen MR) is 28.5 cm³/mol. The fraction of sp³-hybridized carbons (Fsp3) is 1.00. The van der Waals surface area contributed by atoms with E-state index >= 15 is 0 Å². The van der Waals surface area contributed by atoms with Crippen molar-refractivity contribution in [3.05, 3.63) is 0 Å². The first-order chi connectivity index (χ1) is 3.27. The van der Waals surface area contributed by atoms with Gasteiger partial charge in [-0.1, -0.05) is 0 Å². The van der Waals surface area contributed by atoms with Gasteiger partial charge in [-0.3, -0.25) is 4.52 Å². The largest absolute Gasteiger partial charge is 0.291 e. The van der Waals surface area contributed by atoms with E-state index < -0.39 is 8.18 Å². The van der Waals surface area contributed by atoms with Gasteiger partial charge < -0.3 is 0 Å². The van der Waals surface area contributed by atoms with Crippen LogP contribution in [0, 0.1) is 0 Å². The van der Waals surface area contributed by atoms with Crippen molar-refractivity contribution in [2.24, 2.45) is 5.50 Å². The molecular weight excluding hydrogens is 136 g/mol. The van der Waals surface area contributed by atoms with Gasteiger partial charge in [0.15, 0.2) is 0 Å². The maximum atomic E-state index is 9.85. The molecule has 1 unspecified atom stereocenters. The first kappa shape index (κ1) is 7.31. The average molecular weight is 143 g/mol. The van der Waals surface area contributed by atoms with E-state index in [1.54, 1.807) is 0 Å².